The van der Waals surface area contributed by atoms with Gasteiger partial charge in [0, 0.05) is 37.2 Å². The summed E-state index contributed by atoms with van der Waals surface area (Å²) in [5.74, 6) is 0. The van der Waals surface area contributed by atoms with Crippen LogP contribution in [0, 0.1) is 0 Å². The van der Waals surface area contributed by atoms with Gasteiger partial charge in [0.2, 0.25) is 0 Å². The van der Waals surface area contributed by atoms with E-state index in [1.807, 2.05) is 0 Å². The van der Waals surface area contributed by atoms with Crippen molar-refractivity contribution >= 4 is 0 Å². The van der Waals surface area contributed by atoms with Crippen LogP contribution in [0.3, 0.4) is 0 Å². The van der Waals surface area contributed by atoms with Crippen LogP contribution in [-0.2, 0) is 6.54 Å². The molecule has 0 saturated heterocycles. The van der Waals surface area contributed by atoms with Crippen LogP contribution in [0.1, 0.15) is 31.4 Å². The first kappa shape index (κ1) is 10.5. The molecule has 0 aliphatic heterocycles. The van der Waals surface area contributed by atoms with E-state index in [-0.39, 0.29) is 0 Å². The smallest absolute Gasteiger partial charge is 0.0724 e. The number of aromatic nitrogens is 2. The number of rotatable bonds is 3. The Morgan fingerprint density at radius 1 is 1.33 bits per heavy atom. The Hall–Kier alpha value is -1.00. The van der Waals surface area contributed by atoms with Crippen molar-refractivity contribution < 1.29 is 0 Å². The molecule has 1 heterocycles. The van der Waals surface area contributed by atoms with Crippen molar-refractivity contribution in [2.24, 2.45) is 5.73 Å². The Balaban J connectivity index is 1.82. The zero-order valence-electron chi connectivity index (χ0n) is 8.89. The maximum Gasteiger partial charge on any atom is 0.0724 e. The van der Waals surface area contributed by atoms with E-state index in [1.54, 1.807) is 18.6 Å². The minimum absolute atomic E-state index is 0.301. The van der Waals surface area contributed by atoms with Crippen LogP contribution in [0.25, 0.3) is 0 Å². The third-order valence-electron chi connectivity index (χ3n) is 2.98. The van der Waals surface area contributed by atoms with Gasteiger partial charge in [-0.25, -0.2) is 0 Å². The Kier molecular flexibility index (Phi) is 3.64. The molecule has 15 heavy (non-hydrogen) atoms. The first-order valence-corrected chi connectivity index (χ1v) is 5.60. The zero-order valence-corrected chi connectivity index (χ0v) is 8.89. The van der Waals surface area contributed by atoms with Gasteiger partial charge in [0.05, 0.1) is 5.69 Å². The van der Waals surface area contributed by atoms with Crippen molar-refractivity contribution in [3.63, 3.8) is 0 Å². The second kappa shape index (κ2) is 5.19. The molecule has 0 aromatic carbocycles. The molecule has 3 N–H and O–H groups in total. The molecule has 0 spiro atoms. The van der Waals surface area contributed by atoms with Gasteiger partial charge in [-0.1, -0.05) is 12.8 Å². The van der Waals surface area contributed by atoms with Crippen LogP contribution >= 0.6 is 0 Å². The zero-order chi connectivity index (χ0) is 10.5. The largest absolute Gasteiger partial charge is 0.326 e. The SMILES string of the molecule is N[C@H]1CCCC[C@H]1NCc1cnccn1. The van der Waals surface area contributed by atoms with Crippen molar-refractivity contribution in [2.75, 3.05) is 0 Å². The van der Waals surface area contributed by atoms with Crippen molar-refractivity contribution in [3.05, 3.63) is 24.3 Å². The van der Waals surface area contributed by atoms with Crippen LogP contribution < -0.4 is 11.1 Å². The lowest BCUT2D eigenvalue weighted by atomic mass is 9.91. The van der Waals surface area contributed by atoms with E-state index < -0.39 is 0 Å². The van der Waals surface area contributed by atoms with Crippen LogP contribution in [0.4, 0.5) is 0 Å². The average Bonchev–Trinajstić information content (AvgIpc) is 2.29. The van der Waals surface area contributed by atoms with E-state index in [0.29, 0.717) is 12.1 Å². The molecule has 1 aliphatic rings. The van der Waals surface area contributed by atoms with Crippen molar-refractivity contribution in [2.45, 2.75) is 44.3 Å². The Labute approximate surface area is 90.3 Å². The molecule has 0 bridgehead atoms. The Bertz CT molecular complexity index is 288. The van der Waals surface area contributed by atoms with Gasteiger partial charge < -0.3 is 11.1 Å². The van der Waals surface area contributed by atoms with Gasteiger partial charge in [-0.15, -0.1) is 0 Å². The summed E-state index contributed by atoms with van der Waals surface area (Å²) in [6.07, 6.45) is 10.1. The van der Waals surface area contributed by atoms with Crippen LogP contribution in [0.15, 0.2) is 18.6 Å². The highest BCUT2D eigenvalue weighted by atomic mass is 15.0. The van der Waals surface area contributed by atoms with E-state index in [2.05, 4.69) is 15.3 Å². The molecule has 0 amide bonds. The quantitative estimate of drug-likeness (QED) is 0.769. The molecule has 2 atom stereocenters. The van der Waals surface area contributed by atoms with E-state index in [9.17, 15) is 0 Å². The van der Waals surface area contributed by atoms with Crippen molar-refractivity contribution in [1.82, 2.24) is 15.3 Å². The fraction of sp³-hybridized carbons (Fsp3) is 0.636. The number of hydrogen-bond acceptors (Lipinski definition) is 4. The summed E-state index contributed by atoms with van der Waals surface area (Å²) >= 11 is 0. The molecule has 0 radical (unpaired) electrons. The molecular weight excluding hydrogens is 188 g/mol. The molecule has 1 fully saturated rings. The second-order valence-electron chi connectivity index (χ2n) is 4.13. The highest BCUT2D eigenvalue weighted by Crippen LogP contribution is 2.16. The molecule has 2 rings (SSSR count). The standard InChI is InChI=1S/C11H18N4/c12-10-3-1-2-4-11(10)15-8-9-7-13-5-6-14-9/h5-7,10-11,15H,1-4,8,12H2/t10-,11+/m0/s1. The summed E-state index contributed by atoms with van der Waals surface area (Å²) in [5.41, 5.74) is 7.03. The summed E-state index contributed by atoms with van der Waals surface area (Å²) in [4.78, 5) is 8.26. The molecule has 1 aliphatic carbocycles. The number of nitrogens with one attached hydrogen (secondary N) is 1. The molecule has 1 aromatic heterocycles. The van der Waals surface area contributed by atoms with Crippen LogP contribution in [0.2, 0.25) is 0 Å². The lowest BCUT2D eigenvalue weighted by Gasteiger charge is -2.29. The number of nitrogens with zero attached hydrogens (tertiary/aromatic N) is 2. The summed E-state index contributed by atoms with van der Waals surface area (Å²) < 4.78 is 0. The lowest BCUT2D eigenvalue weighted by Crippen LogP contribution is -2.46. The van der Waals surface area contributed by atoms with Gasteiger partial charge in [0.15, 0.2) is 0 Å². The van der Waals surface area contributed by atoms with E-state index in [0.717, 1.165) is 18.7 Å². The molecule has 4 heteroatoms. The molecule has 0 unspecified atom stereocenters. The van der Waals surface area contributed by atoms with E-state index >= 15 is 0 Å². The highest BCUT2D eigenvalue weighted by molar-refractivity contribution is 4.95. The minimum Gasteiger partial charge on any atom is -0.326 e. The summed E-state index contributed by atoms with van der Waals surface area (Å²) in [6.45, 7) is 0.770. The second-order valence-corrected chi connectivity index (χ2v) is 4.13. The number of hydrogen-bond donors (Lipinski definition) is 2. The predicted molar refractivity (Wildman–Crippen MR) is 59.1 cm³/mol. The normalized spacial score (nSPS) is 26.5. The van der Waals surface area contributed by atoms with Gasteiger partial charge in [0.25, 0.3) is 0 Å². The average molecular weight is 206 g/mol. The lowest BCUT2D eigenvalue weighted by molar-refractivity contribution is 0.325. The first-order chi connectivity index (χ1) is 7.36. The summed E-state index contributed by atoms with van der Waals surface area (Å²) in [5, 5.41) is 3.46. The highest BCUT2D eigenvalue weighted by Gasteiger charge is 2.20. The maximum absolute atomic E-state index is 6.04. The topological polar surface area (TPSA) is 63.8 Å². The summed E-state index contributed by atoms with van der Waals surface area (Å²) in [7, 11) is 0. The summed E-state index contributed by atoms with van der Waals surface area (Å²) in [6, 6.07) is 0.746. The van der Waals surface area contributed by atoms with Crippen molar-refractivity contribution in [1.29, 1.82) is 0 Å². The molecule has 82 valence electrons. The van der Waals surface area contributed by atoms with Gasteiger partial charge in [-0.2, -0.15) is 0 Å². The number of nitrogens with two attached hydrogens (primary N) is 1. The van der Waals surface area contributed by atoms with E-state index in [1.165, 1.54) is 19.3 Å². The van der Waals surface area contributed by atoms with Gasteiger partial charge in [-0.3, -0.25) is 9.97 Å². The fourth-order valence-corrected chi connectivity index (χ4v) is 2.07. The fourth-order valence-electron chi connectivity index (χ4n) is 2.07. The van der Waals surface area contributed by atoms with Crippen LogP contribution in [0.5, 0.6) is 0 Å². The van der Waals surface area contributed by atoms with E-state index in [4.69, 9.17) is 5.73 Å². The molecule has 4 nitrogen and oxygen atoms in total. The van der Waals surface area contributed by atoms with Crippen molar-refractivity contribution in [3.8, 4) is 0 Å². The first-order valence-electron chi connectivity index (χ1n) is 5.60. The molecule has 1 saturated carbocycles. The minimum atomic E-state index is 0.301. The molecular formula is C11H18N4. The molecule has 1 aromatic rings. The Morgan fingerprint density at radius 2 is 2.20 bits per heavy atom. The third-order valence-corrected chi connectivity index (χ3v) is 2.98. The van der Waals surface area contributed by atoms with Gasteiger partial charge in [-0.05, 0) is 12.8 Å². The van der Waals surface area contributed by atoms with Crippen LogP contribution in [-0.4, -0.2) is 22.1 Å². The predicted octanol–water partition coefficient (Wildman–Crippen LogP) is 0.836. The Morgan fingerprint density at radius 3 is 2.93 bits per heavy atom. The third kappa shape index (κ3) is 2.97. The monoisotopic (exact) mass is 206 g/mol. The van der Waals surface area contributed by atoms with Gasteiger partial charge >= 0.3 is 0 Å². The maximum atomic E-state index is 6.04. The van der Waals surface area contributed by atoms with Gasteiger partial charge in [0.1, 0.15) is 0 Å².